The van der Waals surface area contributed by atoms with Gasteiger partial charge in [-0.2, -0.15) is 0 Å². The van der Waals surface area contributed by atoms with Crippen LogP contribution in [0.2, 0.25) is 27.3 Å². The molecule has 0 spiro atoms. The zero-order valence-electron chi connectivity index (χ0n) is 51.8. The van der Waals surface area contributed by atoms with Gasteiger partial charge in [0.25, 0.3) is 0 Å². The van der Waals surface area contributed by atoms with Gasteiger partial charge in [0.05, 0.1) is 0 Å². The van der Waals surface area contributed by atoms with E-state index in [1.165, 1.54) is 18.2 Å². The van der Waals surface area contributed by atoms with Crippen molar-refractivity contribution in [2.75, 3.05) is 0 Å². The van der Waals surface area contributed by atoms with Gasteiger partial charge in [-0.3, -0.25) is 0 Å². The minimum Gasteiger partial charge on any atom is -0.447 e. The van der Waals surface area contributed by atoms with E-state index in [1.54, 1.807) is 64.5 Å². The summed E-state index contributed by atoms with van der Waals surface area (Å²) in [6, 6.07) is 68.3. The van der Waals surface area contributed by atoms with E-state index < -0.39 is 70.4 Å². The van der Waals surface area contributed by atoms with Crippen LogP contribution in [0.3, 0.4) is 0 Å². The lowest BCUT2D eigenvalue weighted by molar-refractivity contribution is 0.423. The number of hydrogen-bond acceptors (Lipinski definition) is 16. The minimum absolute atomic E-state index is 0.335. The molecule has 0 heterocycles. The van der Waals surface area contributed by atoms with Crippen molar-refractivity contribution in [2.45, 2.75) is 34.2 Å². The molecule has 0 bridgehead atoms. The Morgan fingerprint density at radius 2 is 0.505 bits per heavy atom. The number of fused-ring (bicyclic) bond motifs is 5. The Morgan fingerprint density at radius 3 is 0.849 bits per heavy atom. The second-order valence-electron chi connectivity index (χ2n) is 22.5. The van der Waals surface area contributed by atoms with Crippen LogP contribution in [0.15, 0.2) is 224 Å². The average Bonchev–Trinajstić information content (AvgIpc) is 0.778. The summed E-state index contributed by atoms with van der Waals surface area (Å²) < 4.78 is 0. The first kappa shape index (κ1) is 70.8. The first-order valence-electron chi connectivity index (χ1n) is 30.1. The molecular formula is C67H68B10O16. The minimum atomic E-state index is -1.55. The molecule has 0 saturated heterocycles. The molecule has 0 radical (unpaired) electrons. The fourth-order valence-corrected chi connectivity index (χ4v) is 11.5. The Bertz CT molecular complexity index is 4180. The van der Waals surface area contributed by atoms with E-state index in [-0.39, 0.29) is 0 Å². The molecule has 0 amide bonds. The molecular weight excluding hydrogens is 1170 g/mol. The molecule has 0 aliphatic heterocycles. The molecule has 12 rings (SSSR count). The van der Waals surface area contributed by atoms with E-state index in [0.717, 1.165) is 98.0 Å². The van der Waals surface area contributed by atoms with Crippen molar-refractivity contribution in [1.82, 2.24) is 0 Å². The third-order valence-electron chi connectivity index (χ3n) is 16.2. The van der Waals surface area contributed by atoms with Crippen molar-refractivity contribution in [3.63, 3.8) is 0 Å². The van der Waals surface area contributed by atoms with Crippen LogP contribution in [0.25, 0.3) is 76.1 Å². The van der Waals surface area contributed by atoms with E-state index in [0.29, 0.717) is 38.3 Å². The summed E-state index contributed by atoms with van der Waals surface area (Å²) in [5.74, 6) is 0. The first-order valence-corrected chi connectivity index (χ1v) is 30.1. The molecule has 12 aromatic carbocycles. The Hall–Kier alpha value is -8.05. The van der Waals surface area contributed by atoms with Crippen LogP contribution in [-0.4, -0.2) is 151 Å². The standard InChI is InChI=1S/C21H18B2O3.C15H14B2O3.C13H14B2O3.C11H12B2O3.C7H10B2O4/c1-22(24)20-12-10-16(14-6-2-4-8-18(14)20)17-11-13-21(23(25)26)19-9-5-3-7-15(17)19;1-16(18)14-10-6-2-4-8-12(10)15(17(19)20)13-9-5-3-7-11(13)14;1-14(16)12-6-2-10(3-7-12)11-4-8-13(9-5-11)15(17)18;1-12(14)10-6-7-11(13(15)16)9-5-3-2-4-8(9)10;1-5-4-6(8(10)11)2-3-7(5)9(12)13/h2-13,24-26H,1H3;2-9,18-20H,1H3;2-9,16-18H,1H3;2-7,14-16H,1H3;2-4,10-13H,1H3. The third kappa shape index (κ3) is 16.8. The second-order valence-corrected chi connectivity index (χ2v) is 22.5. The lowest BCUT2D eigenvalue weighted by Crippen LogP contribution is -2.36. The van der Waals surface area contributed by atoms with E-state index >= 15 is 0 Å². The van der Waals surface area contributed by atoms with Gasteiger partial charge >= 0.3 is 70.4 Å². The Morgan fingerprint density at radius 1 is 0.215 bits per heavy atom. The predicted octanol–water partition coefficient (Wildman–Crippen LogP) is -0.797. The topological polar surface area (TPSA) is 324 Å². The van der Waals surface area contributed by atoms with Gasteiger partial charge in [-0.25, -0.2) is 0 Å². The summed E-state index contributed by atoms with van der Waals surface area (Å²) >= 11 is 0. The second kappa shape index (κ2) is 32.2. The number of hydrogen-bond donors (Lipinski definition) is 16. The normalized spacial score (nSPS) is 10.6. The highest BCUT2D eigenvalue weighted by molar-refractivity contribution is 6.74. The summed E-state index contributed by atoms with van der Waals surface area (Å²) in [6.45, 7) is 6.37. The van der Waals surface area contributed by atoms with E-state index in [9.17, 15) is 50.2 Å². The van der Waals surface area contributed by atoms with Crippen LogP contribution in [0.1, 0.15) is 5.56 Å². The van der Waals surface area contributed by atoms with Gasteiger partial charge in [-0.05, 0) is 138 Å². The van der Waals surface area contributed by atoms with Gasteiger partial charge in [0.2, 0.25) is 0 Å². The Balaban J connectivity index is 0.000000152. The maximum atomic E-state index is 10.1. The molecule has 462 valence electrons. The number of benzene rings is 12. The van der Waals surface area contributed by atoms with Crippen LogP contribution in [0, 0.1) is 6.92 Å². The molecule has 12 aromatic rings. The fourth-order valence-electron chi connectivity index (χ4n) is 11.5. The summed E-state index contributed by atoms with van der Waals surface area (Å²) in [6.07, 6.45) is 0. The molecule has 0 unspecified atom stereocenters. The van der Waals surface area contributed by atoms with Crippen LogP contribution < -0.4 is 54.6 Å². The first-order chi connectivity index (χ1) is 44.4. The quantitative estimate of drug-likeness (QED) is 0.0526. The van der Waals surface area contributed by atoms with E-state index in [2.05, 4.69) is 6.07 Å². The molecule has 0 aliphatic carbocycles. The highest BCUT2D eigenvalue weighted by Crippen LogP contribution is 2.33. The van der Waals surface area contributed by atoms with Crippen molar-refractivity contribution in [3.05, 3.63) is 230 Å². The van der Waals surface area contributed by atoms with Crippen LogP contribution in [0.5, 0.6) is 0 Å². The Kier molecular flexibility index (Phi) is 24.5. The zero-order chi connectivity index (χ0) is 67.4. The largest absolute Gasteiger partial charge is 0.489 e. The fraction of sp³-hybridized carbons (Fsp3) is 0.0746. The molecule has 0 atom stereocenters. The van der Waals surface area contributed by atoms with Crippen molar-refractivity contribution in [3.8, 4) is 22.3 Å². The summed E-state index contributed by atoms with van der Waals surface area (Å²) in [5, 5.41) is 159. The number of rotatable bonds is 12. The lowest BCUT2D eigenvalue weighted by Gasteiger charge is -2.16. The van der Waals surface area contributed by atoms with Crippen molar-refractivity contribution < 1.29 is 80.4 Å². The van der Waals surface area contributed by atoms with Crippen LogP contribution in [0.4, 0.5) is 0 Å². The Labute approximate surface area is 543 Å². The third-order valence-corrected chi connectivity index (χ3v) is 16.2. The SMILES string of the molecule is CB(O)c1c2ccccc2c(B(O)O)c2ccccc12.CB(O)c1ccc(-c2ccc(B(O)O)c3ccccc23)c2ccccc12.CB(O)c1ccc(-c2ccc(B(O)O)cc2)cc1.CB(O)c1ccc(B(O)O)c2ccccc12.Cc1cc(B(O)O)ccc1B(O)O. The molecule has 0 saturated carbocycles. The highest BCUT2D eigenvalue weighted by atomic mass is 16.4. The lowest BCUT2D eigenvalue weighted by atomic mass is 9.59. The van der Waals surface area contributed by atoms with Gasteiger partial charge in [-0.15, -0.1) is 0 Å². The van der Waals surface area contributed by atoms with Crippen LogP contribution >= 0.6 is 0 Å². The van der Waals surface area contributed by atoms with Gasteiger partial charge in [0, 0.05) is 0 Å². The smallest absolute Gasteiger partial charge is 0.447 e. The molecule has 0 aromatic heterocycles. The van der Waals surface area contributed by atoms with Gasteiger partial charge < -0.3 is 80.4 Å². The predicted molar refractivity (Wildman–Crippen MR) is 388 cm³/mol. The van der Waals surface area contributed by atoms with Crippen molar-refractivity contribution >= 4 is 179 Å². The van der Waals surface area contributed by atoms with Crippen LogP contribution in [-0.2, 0) is 0 Å². The molecule has 93 heavy (non-hydrogen) atoms. The van der Waals surface area contributed by atoms with E-state index in [1.807, 2.05) is 170 Å². The van der Waals surface area contributed by atoms with Gasteiger partial charge in [0.15, 0.2) is 0 Å². The van der Waals surface area contributed by atoms with Crippen molar-refractivity contribution in [2.24, 2.45) is 0 Å². The maximum absolute atomic E-state index is 10.1. The molecule has 16 nitrogen and oxygen atoms in total. The molecule has 26 heteroatoms. The monoisotopic (exact) mass is 1240 g/mol. The molecule has 0 fully saturated rings. The zero-order valence-corrected chi connectivity index (χ0v) is 51.8. The summed E-state index contributed by atoms with van der Waals surface area (Å²) in [4.78, 5) is 0. The van der Waals surface area contributed by atoms with Gasteiger partial charge in [0.1, 0.15) is 0 Å². The van der Waals surface area contributed by atoms with E-state index in [4.69, 9.17) is 30.1 Å². The summed E-state index contributed by atoms with van der Waals surface area (Å²) in [5.41, 5.74) is 10.7. The molecule has 16 N–H and O–H groups in total. The average molecular weight is 1240 g/mol. The van der Waals surface area contributed by atoms with Gasteiger partial charge in [-0.1, -0.05) is 257 Å². The van der Waals surface area contributed by atoms with Crippen molar-refractivity contribution in [1.29, 1.82) is 0 Å². The molecule has 0 aliphatic rings. The number of aryl methyl sites for hydroxylation is 1. The summed E-state index contributed by atoms with van der Waals surface area (Å²) in [7, 11) is -9.03. The highest BCUT2D eigenvalue weighted by Gasteiger charge is 2.25. The maximum Gasteiger partial charge on any atom is 0.489 e.